The largest absolute Gasteiger partial charge is 0.469 e. The maximum Gasteiger partial charge on any atom is 0.305 e. The van der Waals surface area contributed by atoms with E-state index in [0.29, 0.717) is 6.42 Å². The third-order valence-electron chi connectivity index (χ3n) is 6.71. The molecule has 0 bridgehead atoms. The lowest BCUT2D eigenvalue weighted by Crippen LogP contribution is -2.29. The van der Waals surface area contributed by atoms with Crippen LogP contribution in [-0.2, 0) is 14.3 Å². The lowest BCUT2D eigenvalue weighted by atomic mass is 9.99. The summed E-state index contributed by atoms with van der Waals surface area (Å²) in [5.41, 5.74) is 0. The van der Waals surface area contributed by atoms with Crippen LogP contribution in [0.1, 0.15) is 155 Å². The van der Waals surface area contributed by atoms with E-state index in [2.05, 4.69) is 13.8 Å². The van der Waals surface area contributed by atoms with Gasteiger partial charge in [0.05, 0.1) is 19.3 Å². The van der Waals surface area contributed by atoms with Crippen molar-refractivity contribution < 1.29 is 19.4 Å². The number of carbonyl (C=O) groups is 1. The minimum absolute atomic E-state index is 0.0136. The van der Waals surface area contributed by atoms with Crippen LogP contribution >= 0.6 is 0 Å². The Morgan fingerprint density at radius 1 is 0.636 bits per heavy atom. The van der Waals surface area contributed by atoms with Crippen LogP contribution in [0.5, 0.6) is 0 Å². The number of methoxy groups -OCH3 is 1. The first-order valence-electron chi connectivity index (χ1n) is 14.5. The minimum Gasteiger partial charge on any atom is -0.469 e. The van der Waals surface area contributed by atoms with Crippen LogP contribution < -0.4 is 0 Å². The van der Waals surface area contributed by atoms with E-state index in [4.69, 9.17) is 9.47 Å². The third kappa shape index (κ3) is 22.9. The monoisotopic (exact) mass is 470 g/mol. The second kappa shape index (κ2) is 26.0. The molecule has 0 aromatic rings. The zero-order chi connectivity index (χ0) is 24.4. The number of unbranched alkanes of at least 4 members (excludes halogenated alkanes) is 16. The van der Waals surface area contributed by atoms with Crippen LogP contribution in [-0.4, -0.2) is 37.0 Å². The molecule has 0 saturated carbocycles. The summed E-state index contributed by atoms with van der Waals surface area (Å²) in [7, 11) is 1.45. The SMILES string of the molecule is CCCCCCCCCCOC(CCCCCCCC(=O)OC)C(O)CCCCCCCC. The summed E-state index contributed by atoms with van der Waals surface area (Å²) in [5.74, 6) is -0.109. The van der Waals surface area contributed by atoms with E-state index in [1.165, 1.54) is 84.2 Å². The van der Waals surface area contributed by atoms with Crippen molar-refractivity contribution in [3.05, 3.63) is 0 Å². The molecular weight excluding hydrogens is 412 g/mol. The Hall–Kier alpha value is -0.610. The molecule has 4 nitrogen and oxygen atoms in total. The van der Waals surface area contributed by atoms with E-state index in [9.17, 15) is 9.90 Å². The normalized spacial score (nSPS) is 13.2. The summed E-state index contributed by atoms with van der Waals surface area (Å²) in [4.78, 5) is 11.2. The van der Waals surface area contributed by atoms with Gasteiger partial charge >= 0.3 is 5.97 Å². The molecule has 198 valence electrons. The molecule has 0 amide bonds. The molecule has 0 aliphatic heterocycles. The molecule has 0 aromatic heterocycles. The maximum atomic E-state index is 11.2. The average molecular weight is 471 g/mol. The zero-order valence-corrected chi connectivity index (χ0v) is 22.6. The predicted molar refractivity (Wildman–Crippen MR) is 141 cm³/mol. The van der Waals surface area contributed by atoms with E-state index < -0.39 is 0 Å². The highest BCUT2D eigenvalue weighted by Gasteiger charge is 2.19. The van der Waals surface area contributed by atoms with Crippen molar-refractivity contribution >= 4 is 5.97 Å². The van der Waals surface area contributed by atoms with Crippen molar-refractivity contribution in [2.75, 3.05) is 13.7 Å². The first-order chi connectivity index (χ1) is 16.2. The quantitative estimate of drug-likeness (QED) is 0.102. The Labute approximate surface area is 206 Å². The van der Waals surface area contributed by atoms with Crippen molar-refractivity contribution in [2.45, 2.75) is 167 Å². The maximum absolute atomic E-state index is 11.2. The van der Waals surface area contributed by atoms with E-state index in [-0.39, 0.29) is 18.2 Å². The lowest BCUT2D eigenvalue weighted by molar-refractivity contribution is -0.140. The fraction of sp³-hybridized carbons (Fsp3) is 0.966. The highest BCUT2D eigenvalue weighted by molar-refractivity contribution is 5.68. The van der Waals surface area contributed by atoms with Gasteiger partial charge in [0.15, 0.2) is 0 Å². The highest BCUT2D eigenvalue weighted by Crippen LogP contribution is 2.18. The van der Waals surface area contributed by atoms with Gasteiger partial charge in [-0.15, -0.1) is 0 Å². The van der Waals surface area contributed by atoms with Gasteiger partial charge in [0.25, 0.3) is 0 Å². The van der Waals surface area contributed by atoms with Crippen LogP contribution in [0.15, 0.2) is 0 Å². The summed E-state index contributed by atoms with van der Waals surface area (Å²) < 4.78 is 10.9. The molecule has 0 rings (SSSR count). The number of rotatable bonds is 26. The Bertz CT molecular complexity index is 399. The zero-order valence-electron chi connectivity index (χ0n) is 22.6. The second-order valence-electron chi connectivity index (χ2n) is 9.89. The summed E-state index contributed by atoms with van der Waals surface area (Å²) in [6.45, 7) is 5.30. The molecule has 4 heteroatoms. The molecular formula is C29H58O4. The number of aliphatic hydroxyl groups is 1. The lowest BCUT2D eigenvalue weighted by Gasteiger charge is -2.24. The molecule has 0 aliphatic rings. The van der Waals surface area contributed by atoms with Crippen molar-refractivity contribution in [2.24, 2.45) is 0 Å². The third-order valence-corrected chi connectivity index (χ3v) is 6.71. The van der Waals surface area contributed by atoms with E-state index >= 15 is 0 Å². The Kier molecular flexibility index (Phi) is 25.5. The van der Waals surface area contributed by atoms with Crippen molar-refractivity contribution in [1.82, 2.24) is 0 Å². The smallest absolute Gasteiger partial charge is 0.305 e. The topological polar surface area (TPSA) is 55.8 Å². The van der Waals surface area contributed by atoms with Gasteiger partial charge in [-0.25, -0.2) is 0 Å². The van der Waals surface area contributed by atoms with Gasteiger partial charge < -0.3 is 14.6 Å². The van der Waals surface area contributed by atoms with Crippen LogP contribution in [0, 0.1) is 0 Å². The molecule has 0 heterocycles. The van der Waals surface area contributed by atoms with Crippen LogP contribution in [0.3, 0.4) is 0 Å². The van der Waals surface area contributed by atoms with Crippen molar-refractivity contribution in [3.8, 4) is 0 Å². The second-order valence-corrected chi connectivity index (χ2v) is 9.89. The van der Waals surface area contributed by atoms with Gasteiger partial charge in [0.2, 0.25) is 0 Å². The molecule has 0 aromatic carbocycles. The molecule has 0 aliphatic carbocycles. The van der Waals surface area contributed by atoms with E-state index in [0.717, 1.165) is 64.4 Å². The summed E-state index contributed by atoms with van der Waals surface area (Å²) in [6, 6.07) is 0. The molecule has 1 N–H and O–H groups in total. The number of ether oxygens (including phenoxy) is 2. The highest BCUT2D eigenvalue weighted by atomic mass is 16.5. The molecule has 0 spiro atoms. The number of esters is 1. The Balaban J connectivity index is 4.07. The molecule has 0 fully saturated rings. The van der Waals surface area contributed by atoms with Gasteiger partial charge in [0.1, 0.15) is 0 Å². The van der Waals surface area contributed by atoms with Gasteiger partial charge in [-0.3, -0.25) is 4.79 Å². The Morgan fingerprint density at radius 3 is 1.64 bits per heavy atom. The van der Waals surface area contributed by atoms with Gasteiger partial charge in [-0.1, -0.05) is 123 Å². The summed E-state index contributed by atoms with van der Waals surface area (Å²) >= 11 is 0. The van der Waals surface area contributed by atoms with Crippen molar-refractivity contribution in [3.63, 3.8) is 0 Å². The van der Waals surface area contributed by atoms with Gasteiger partial charge in [-0.2, -0.15) is 0 Å². The summed E-state index contributed by atoms with van der Waals surface area (Å²) in [6.07, 6.45) is 25.3. The first-order valence-corrected chi connectivity index (χ1v) is 14.5. The molecule has 2 atom stereocenters. The first kappa shape index (κ1) is 32.4. The number of aliphatic hydroxyl groups excluding tert-OH is 1. The minimum atomic E-state index is -0.329. The van der Waals surface area contributed by atoms with Crippen LogP contribution in [0.25, 0.3) is 0 Å². The Morgan fingerprint density at radius 2 is 1.09 bits per heavy atom. The van der Waals surface area contributed by atoms with Crippen molar-refractivity contribution in [1.29, 1.82) is 0 Å². The average Bonchev–Trinajstić information content (AvgIpc) is 2.82. The number of carbonyl (C=O) groups excluding carboxylic acids is 1. The number of hydrogen-bond donors (Lipinski definition) is 1. The molecule has 33 heavy (non-hydrogen) atoms. The van der Waals surface area contributed by atoms with Gasteiger partial charge in [0, 0.05) is 13.0 Å². The van der Waals surface area contributed by atoms with E-state index in [1.807, 2.05) is 0 Å². The fourth-order valence-electron chi connectivity index (χ4n) is 4.42. The van der Waals surface area contributed by atoms with Crippen LogP contribution in [0.2, 0.25) is 0 Å². The van der Waals surface area contributed by atoms with Crippen LogP contribution in [0.4, 0.5) is 0 Å². The summed E-state index contributed by atoms with van der Waals surface area (Å²) in [5, 5.41) is 10.8. The fourth-order valence-corrected chi connectivity index (χ4v) is 4.42. The molecule has 0 radical (unpaired) electrons. The number of hydrogen-bond acceptors (Lipinski definition) is 4. The van der Waals surface area contributed by atoms with Gasteiger partial charge in [-0.05, 0) is 25.7 Å². The molecule has 0 saturated heterocycles. The standard InChI is InChI=1S/C29H58O4/c1-4-6-8-10-12-13-18-22-26-33-28(27(30)23-19-15-11-9-7-5-2)24-20-16-14-17-21-25-29(31)32-3/h27-28,30H,4-26H2,1-3H3. The van der Waals surface area contributed by atoms with E-state index in [1.54, 1.807) is 0 Å². The molecule has 2 unspecified atom stereocenters. The predicted octanol–water partition coefficient (Wildman–Crippen LogP) is 8.53.